The van der Waals surface area contributed by atoms with Gasteiger partial charge in [0.25, 0.3) is 11.5 Å². The standard InChI is InChI=1S/C26H29N3O4/c1-2-13-29-25(31)20-8-4-3-7-19(20)23(28-29)24(30)27-17-26(11-5-6-12-26)18-9-10-21-22(16-18)33-15-14-32-21/h3-4,7-10,16H,2,5-6,11-15,17H2,1H3,(H,27,30). The van der Waals surface area contributed by atoms with E-state index in [1.807, 2.05) is 25.1 Å². The molecule has 7 heteroatoms. The Hall–Kier alpha value is -3.35. The number of amides is 1. The average molecular weight is 448 g/mol. The first kappa shape index (κ1) is 21.5. The Morgan fingerprint density at radius 3 is 2.55 bits per heavy atom. The predicted octanol–water partition coefficient (Wildman–Crippen LogP) is 3.82. The van der Waals surface area contributed by atoms with E-state index >= 15 is 0 Å². The number of aryl methyl sites for hydroxylation is 1. The molecule has 1 aliphatic heterocycles. The number of carbonyl (C=O) groups is 1. The van der Waals surface area contributed by atoms with Crippen molar-refractivity contribution in [2.75, 3.05) is 19.8 Å². The van der Waals surface area contributed by atoms with Crippen molar-refractivity contribution >= 4 is 16.7 Å². The van der Waals surface area contributed by atoms with Crippen LogP contribution in [0.1, 0.15) is 55.1 Å². The van der Waals surface area contributed by atoms with Crippen LogP contribution in [0.2, 0.25) is 0 Å². The molecule has 1 aliphatic carbocycles. The van der Waals surface area contributed by atoms with Gasteiger partial charge in [0.15, 0.2) is 17.2 Å². The molecular weight excluding hydrogens is 418 g/mol. The minimum absolute atomic E-state index is 0.154. The summed E-state index contributed by atoms with van der Waals surface area (Å²) in [7, 11) is 0. The second-order valence-electron chi connectivity index (χ2n) is 8.95. The summed E-state index contributed by atoms with van der Waals surface area (Å²) in [5.74, 6) is 1.30. The van der Waals surface area contributed by atoms with Crippen molar-refractivity contribution in [3.05, 3.63) is 64.1 Å². The highest BCUT2D eigenvalue weighted by Gasteiger charge is 2.37. The highest BCUT2D eigenvalue weighted by atomic mass is 16.6. The van der Waals surface area contributed by atoms with Crippen molar-refractivity contribution in [3.8, 4) is 11.5 Å². The summed E-state index contributed by atoms with van der Waals surface area (Å²) in [4.78, 5) is 26.1. The highest BCUT2D eigenvalue weighted by Crippen LogP contribution is 2.43. The van der Waals surface area contributed by atoms with Crippen molar-refractivity contribution in [1.82, 2.24) is 15.1 Å². The van der Waals surface area contributed by atoms with Crippen LogP contribution in [0.4, 0.5) is 0 Å². The van der Waals surface area contributed by atoms with E-state index in [-0.39, 0.29) is 16.9 Å². The molecule has 2 aromatic carbocycles. The van der Waals surface area contributed by atoms with Crippen molar-refractivity contribution in [1.29, 1.82) is 0 Å². The predicted molar refractivity (Wildman–Crippen MR) is 126 cm³/mol. The second-order valence-corrected chi connectivity index (χ2v) is 8.95. The lowest BCUT2D eigenvalue weighted by molar-refractivity contribution is 0.0937. The van der Waals surface area contributed by atoms with Crippen LogP contribution in [0.3, 0.4) is 0 Å². The third-order valence-corrected chi connectivity index (χ3v) is 6.82. The smallest absolute Gasteiger partial charge is 0.274 e. The Bertz CT molecular complexity index is 1240. The average Bonchev–Trinajstić information content (AvgIpc) is 3.34. The summed E-state index contributed by atoms with van der Waals surface area (Å²) in [5.41, 5.74) is 1.15. The Balaban J connectivity index is 1.45. The maximum atomic E-state index is 13.4. The largest absolute Gasteiger partial charge is 0.486 e. The fraction of sp³-hybridized carbons (Fsp3) is 0.423. The number of fused-ring (bicyclic) bond motifs is 2. The number of carbonyl (C=O) groups excluding carboxylic acids is 1. The number of ether oxygens (including phenoxy) is 2. The monoisotopic (exact) mass is 447 g/mol. The Kier molecular flexibility index (Phi) is 5.79. The lowest BCUT2D eigenvalue weighted by Gasteiger charge is -2.31. The van der Waals surface area contributed by atoms with Gasteiger partial charge in [-0.3, -0.25) is 9.59 Å². The summed E-state index contributed by atoms with van der Waals surface area (Å²) in [6.45, 7) is 4.08. The van der Waals surface area contributed by atoms with E-state index in [2.05, 4.69) is 22.5 Å². The summed E-state index contributed by atoms with van der Waals surface area (Å²) >= 11 is 0. The van der Waals surface area contributed by atoms with Crippen LogP contribution in [0, 0.1) is 0 Å². The molecule has 0 unspecified atom stereocenters. The van der Waals surface area contributed by atoms with Crippen LogP contribution in [0.5, 0.6) is 11.5 Å². The Labute approximate surface area is 192 Å². The van der Waals surface area contributed by atoms with E-state index in [0.29, 0.717) is 42.8 Å². The number of benzene rings is 2. The highest BCUT2D eigenvalue weighted by molar-refractivity contribution is 6.04. The van der Waals surface area contributed by atoms with Crippen molar-refractivity contribution in [2.24, 2.45) is 0 Å². The lowest BCUT2D eigenvalue weighted by Crippen LogP contribution is -2.40. The maximum absolute atomic E-state index is 13.4. The molecule has 7 nitrogen and oxygen atoms in total. The van der Waals surface area contributed by atoms with E-state index in [0.717, 1.165) is 43.6 Å². The first-order chi connectivity index (χ1) is 16.1. The van der Waals surface area contributed by atoms with Gasteiger partial charge in [0.2, 0.25) is 0 Å². The second kappa shape index (κ2) is 8.89. The van der Waals surface area contributed by atoms with Crippen LogP contribution in [0.25, 0.3) is 10.8 Å². The van der Waals surface area contributed by atoms with Gasteiger partial charge < -0.3 is 14.8 Å². The maximum Gasteiger partial charge on any atom is 0.274 e. The first-order valence-electron chi connectivity index (χ1n) is 11.8. The summed E-state index contributed by atoms with van der Waals surface area (Å²) in [6, 6.07) is 13.3. The molecule has 0 atom stereocenters. The Morgan fingerprint density at radius 2 is 1.79 bits per heavy atom. The van der Waals surface area contributed by atoms with Crippen LogP contribution in [-0.4, -0.2) is 35.4 Å². The van der Waals surface area contributed by atoms with E-state index in [1.165, 1.54) is 10.2 Å². The molecule has 0 bridgehead atoms. The zero-order valence-electron chi connectivity index (χ0n) is 18.9. The molecule has 33 heavy (non-hydrogen) atoms. The van der Waals surface area contributed by atoms with E-state index < -0.39 is 0 Å². The quantitative estimate of drug-likeness (QED) is 0.621. The fourth-order valence-electron chi connectivity index (χ4n) is 5.09. The molecule has 3 aromatic rings. The summed E-state index contributed by atoms with van der Waals surface area (Å²) in [6.07, 6.45) is 4.99. The number of nitrogens with zero attached hydrogens (tertiary/aromatic N) is 2. The van der Waals surface area contributed by atoms with Gasteiger partial charge in [-0.15, -0.1) is 0 Å². The molecule has 2 aliphatic rings. The molecule has 1 fully saturated rings. The lowest BCUT2D eigenvalue weighted by atomic mass is 9.78. The third kappa shape index (κ3) is 3.96. The molecule has 1 amide bonds. The zero-order chi connectivity index (χ0) is 22.8. The SMILES string of the molecule is CCCn1nc(C(=O)NCC2(c3ccc4c(c3)OCCO4)CCCC2)c2ccccc2c1=O. The van der Waals surface area contributed by atoms with Crippen LogP contribution < -0.4 is 20.3 Å². The molecule has 2 heterocycles. The fourth-order valence-corrected chi connectivity index (χ4v) is 5.09. The number of hydrogen-bond acceptors (Lipinski definition) is 5. The molecule has 1 saturated carbocycles. The van der Waals surface area contributed by atoms with Crippen LogP contribution >= 0.6 is 0 Å². The molecular formula is C26H29N3O4. The van der Waals surface area contributed by atoms with Crippen molar-refractivity contribution in [3.63, 3.8) is 0 Å². The van der Waals surface area contributed by atoms with Gasteiger partial charge in [-0.25, -0.2) is 4.68 Å². The molecule has 1 aromatic heterocycles. The van der Waals surface area contributed by atoms with Gasteiger partial charge in [0.1, 0.15) is 13.2 Å². The first-order valence-corrected chi connectivity index (χ1v) is 11.8. The van der Waals surface area contributed by atoms with Gasteiger partial charge in [-0.05, 0) is 43.0 Å². The van der Waals surface area contributed by atoms with Crippen molar-refractivity contribution < 1.29 is 14.3 Å². The number of hydrogen-bond donors (Lipinski definition) is 1. The number of nitrogens with one attached hydrogen (secondary N) is 1. The molecule has 1 N–H and O–H groups in total. The number of rotatable bonds is 6. The van der Waals surface area contributed by atoms with E-state index in [1.54, 1.807) is 12.1 Å². The Morgan fingerprint density at radius 1 is 1.06 bits per heavy atom. The molecule has 0 radical (unpaired) electrons. The zero-order valence-corrected chi connectivity index (χ0v) is 18.9. The summed E-state index contributed by atoms with van der Waals surface area (Å²) < 4.78 is 12.9. The van der Waals surface area contributed by atoms with Gasteiger partial charge in [-0.2, -0.15) is 5.10 Å². The summed E-state index contributed by atoms with van der Waals surface area (Å²) in [5, 5.41) is 8.71. The van der Waals surface area contributed by atoms with Crippen LogP contribution in [0.15, 0.2) is 47.3 Å². The van der Waals surface area contributed by atoms with Gasteiger partial charge >= 0.3 is 0 Å². The minimum atomic E-state index is -0.250. The molecule has 0 spiro atoms. The number of aromatic nitrogens is 2. The van der Waals surface area contributed by atoms with E-state index in [4.69, 9.17) is 9.47 Å². The molecule has 5 rings (SSSR count). The van der Waals surface area contributed by atoms with Gasteiger partial charge in [0, 0.05) is 23.9 Å². The van der Waals surface area contributed by atoms with Crippen LogP contribution in [-0.2, 0) is 12.0 Å². The van der Waals surface area contributed by atoms with Gasteiger partial charge in [0.05, 0.1) is 5.39 Å². The van der Waals surface area contributed by atoms with Gasteiger partial charge in [-0.1, -0.05) is 44.0 Å². The van der Waals surface area contributed by atoms with E-state index in [9.17, 15) is 9.59 Å². The molecule has 0 saturated heterocycles. The minimum Gasteiger partial charge on any atom is -0.486 e. The molecule has 172 valence electrons. The normalized spacial score (nSPS) is 16.6. The topological polar surface area (TPSA) is 82.5 Å². The van der Waals surface area contributed by atoms with Crippen molar-refractivity contribution in [2.45, 2.75) is 51.0 Å². The third-order valence-electron chi connectivity index (χ3n) is 6.82.